The lowest BCUT2D eigenvalue weighted by Gasteiger charge is -2.11. The summed E-state index contributed by atoms with van der Waals surface area (Å²) in [6, 6.07) is 13.1. The molecule has 3 aromatic rings. The van der Waals surface area contributed by atoms with Crippen molar-refractivity contribution in [1.29, 1.82) is 0 Å². The van der Waals surface area contributed by atoms with Crippen LogP contribution in [0.2, 0.25) is 0 Å². The van der Waals surface area contributed by atoms with Gasteiger partial charge < -0.3 is 14.4 Å². The molecule has 1 aromatic heterocycles. The van der Waals surface area contributed by atoms with E-state index in [1.165, 1.54) is 12.1 Å². The number of carboxylic acid groups (broad SMARTS) is 1. The van der Waals surface area contributed by atoms with E-state index in [-0.39, 0.29) is 11.5 Å². The molecule has 22 heavy (non-hydrogen) atoms. The smallest absolute Gasteiger partial charge is 0.352 e. The molecular weight excluding hydrogens is 285 g/mol. The molecule has 0 saturated heterocycles. The molecule has 2 aromatic carbocycles. The van der Waals surface area contributed by atoms with Crippen molar-refractivity contribution in [3.63, 3.8) is 0 Å². The largest absolute Gasteiger partial charge is 0.495 e. The predicted molar refractivity (Wildman–Crippen MR) is 81.0 cm³/mol. The van der Waals surface area contributed by atoms with E-state index in [1.54, 1.807) is 35.9 Å². The summed E-state index contributed by atoms with van der Waals surface area (Å²) < 4.78 is 20.0. The summed E-state index contributed by atoms with van der Waals surface area (Å²) in [4.78, 5) is 11.5. The van der Waals surface area contributed by atoms with E-state index in [2.05, 4.69) is 0 Å². The maximum atomic E-state index is 13.0. The number of aromatic nitrogens is 1. The minimum atomic E-state index is -1.01. The average Bonchev–Trinajstić information content (AvgIpc) is 2.88. The van der Waals surface area contributed by atoms with Crippen molar-refractivity contribution in [3.8, 4) is 5.75 Å². The first-order chi connectivity index (χ1) is 10.6. The van der Waals surface area contributed by atoms with Crippen molar-refractivity contribution < 1.29 is 19.0 Å². The highest BCUT2D eigenvalue weighted by molar-refractivity contribution is 5.96. The quantitative estimate of drug-likeness (QED) is 0.801. The van der Waals surface area contributed by atoms with Crippen LogP contribution >= 0.6 is 0 Å². The Labute approximate surface area is 126 Å². The highest BCUT2D eigenvalue weighted by Crippen LogP contribution is 2.29. The van der Waals surface area contributed by atoms with Crippen LogP contribution in [0.1, 0.15) is 16.1 Å². The number of para-hydroxylation sites is 1. The van der Waals surface area contributed by atoms with Crippen molar-refractivity contribution in [1.82, 2.24) is 4.57 Å². The lowest BCUT2D eigenvalue weighted by atomic mass is 10.2. The number of hydrogen-bond donors (Lipinski definition) is 1. The molecule has 0 saturated carbocycles. The van der Waals surface area contributed by atoms with Crippen LogP contribution in [0.25, 0.3) is 10.9 Å². The summed E-state index contributed by atoms with van der Waals surface area (Å²) >= 11 is 0. The zero-order valence-corrected chi connectivity index (χ0v) is 11.9. The average molecular weight is 299 g/mol. The highest BCUT2D eigenvalue weighted by atomic mass is 19.1. The first-order valence-electron chi connectivity index (χ1n) is 6.74. The standard InChI is InChI=1S/C17H14FNO3/c1-22-15-4-2-3-12-9-14(17(20)21)19(16(12)15)10-11-5-7-13(18)8-6-11/h2-9H,10H2,1H3,(H,20,21). The third kappa shape index (κ3) is 2.41. The number of halogens is 1. The first-order valence-corrected chi connectivity index (χ1v) is 6.74. The molecule has 112 valence electrons. The van der Waals surface area contributed by atoms with Crippen molar-refractivity contribution in [2.45, 2.75) is 6.54 Å². The molecule has 5 heteroatoms. The highest BCUT2D eigenvalue weighted by Gasteiger charge is 2.17. The second kappa shape index (κ2) is 5.52. The maximum Gasteiger partial charge on any atom is 0.352 e. The Morgan fingerprint density at radius 3 is 2.59 bits per heavy atom. The zero-order chi connectivity index (χ0) is 15.7. The molecule has 1 N–H and O–H groups in total. The van der Waals surface area contributed by atoms with Gasteiger partial charge >= 0.3 is 5.97 Å². The summed E-state index contributed by atoms with van der Waals surface area (Å²) in [5, 5.41) is 10.2. The van der Waals surface area contributed by atoms with Gasteiger partial charge in [0.2, 0.25) is 0 Å². The maximum absolute atomic E-state index is 13.0. The molecule has 0 unspecified atom stereocenters. The minimum absolute atomic E-state index is 0.170. The molecule has 0 bridgehead atoms. The summed E-state index contributed by atoms with van der Waals surface area (Å²) in [5.41, 5.74) is 1.70. The Kier molecular flexibility index (Phi) is 3.55. The topological polar surface area (TPSA) is 51.5 Å². The SMILES string of the molecule is COc1cccc2cc(C(=O)O)n(Cc3ccc(F)cc3)c12. The molecular formula is C17H14FNO3. The van der Waals surface area contributed by atoms with Gasteiger partial charge in [0.05, 0.1) is 12.6 Å². The minimum Gasteiger partial charge on any atom is -0.495 e. The molecule has 0 fully saturated rings. The van der Waals surface area contributed by atoms with E-state index in [4.69, 9.17) is 4.74 Å². The number of carboxylic acids is 1. The number of benzene rings is 2. The fourth-order valence-electron chi connectivity index (χ4n) is 2.57. The molecule has 0 amide bonds. The molecule has 0 spiro atoms. The van der Waals surface area contributed by atoms with Gasteiger partial charge in [0.1, 0.15) is 17.3 Å². The third-order valence-corrected chi connectivity index (χ3v) is 3.58. The number of carbonyl (C=O) groups is 1. The second-order valence-electron chi connectivity index (χ2n) is 4.95. The van der Waals surface area contributed by atoms with Crippen molar-refractivity contribution >= 4 is 16.9 Å². The number of rotatable bonds is 4. The van der Waals surface area contributed by atoms with Crippen molar-refractivity contribution in [2.24, 2.45) is 0 Å². The summed E-state index contributed by atoms with van der Waals surface area (Å²) in [6.45, 7) is 0.325. The summed E-state index contributed by atoms with van der Waals surface area (Å²) in [6.07, 6.45) is 0. The lowest BCUT2D eigenvalue weighted by Crippen LogP contribution is -2.09. The van der Waals surface area contributed by atoms with Crippen LogP contribution in [-0.2, 0) is 6.54 Å². The molecule has 0 radical (unpaired) electrons. The molecule has 0 aliphatic rings. The predicted octanol–water partition coefficient (Wildman–Crippen LogP) is 3.54. The van der Waals surface area contributed by atoms with Gasteiger partial charge in [0, 0.05) is 11.9 Å². The van der Waals surface area contributed by atoms with Crippen LogP contribution < -0.4 is 4.74 Å². The first kappa shape index (κ1) is 14.1. The van der Waals surface area contributed by atoms with Crippen LogP contribution in [-0.4, -0.2) is 22.8 Å². The Morgan fingerprint density at radius 2 is 1.95 bits per heavy atom. The van der Waals surface area contributed by atoms with E-state index in [9.17, 15) is 14.3 Å². The Hall–Kier alpha value is -2.82. The molecule has 0 aliphatic heterocycles. The Balaban J connectivity index is 2.18. The zero-order valence-electron chi connectivity index (χ0n) is 11.9. The molecule has 1 heterocycles. The number of fused-ring (bicyclic) bond motifs is 1. The van der Waals surface area contributed by atoms with Gasteiger partial charge in [-0.15, -0.1) is 0 Å². The van der Waals surface area contributed by atoms with Crippen LogP contribution in [0.5, 0.6) is 5.75 Å². The van der Waals surface area contributed by atoms with Crippen molar-refractivity contribution in [2.75, 3.05) is 7.11 Å². The number of ether oxygens (including phenoxy) is 1. The molecule has 0 atom stereocenters. The third-order valence-electron chi connectivity index (χ3n) is 3.58. The van der Waals surface area contributed by atoms with Gasteiger partial charge in [-0.1, -0.05) is 24.3 Å². The van der Waals surface area contributed by atoms with E-state index in [0.29, 0.717) is 17.8 Å². The van der Waals surface area contributed by atoms with Gasteiger partial charge in [-0.05, 0) is 29.8 Å². The Bertz CT molecular complexity index is 837. The van der Waals surface area contributed by atoms with E-state index in [0.717, 1.165) is 10.9 Å². The van der Waals surface area contributed by atoms with E-state index >= 15 is 0 Å². The van der Waals surface area contributed by atoms with E-state index in [1.807, 2.05) is 12.1 Å². The lowest BCUT2D eigenvalue weighted by molar-refractivity contribution is 0.0686. The van der Waals surface area contributed by atoms with Gasteiger partial charge in [-0.2, -0.15) is 0 Å². The fraction of sp³-hybridized carbons (Fsp3) is 0.118. The summed E-state index contributed by atoms with van der Waals surface area (Å²) in [5.74, 6) is -0.732. The molecule has 3 rings (SSSR count). The van der Waals surface area contributed by atoms with Crippen LogP contribution in [0.4, 0.5) is 4.39 Å². The normalized spacial score (nSPS) is 10.8. The molecule has 0 aliphatic carbocycles. The van der Waals surface area contributed by atoms with Gasteiger partial charge in [0.25, 0.3) is 0 Å². The summed E-state index contributed by atoms with van der Waals surface area (Å²) in [7, 11) is 1.55. The number of aromatic carboxylic acids is 1. The van der Waals surface area contributed by atoms with Gasteiger partial charge in [-0.25, -0.2) is 9.18 Å². The van der Waals surface area contributed by atoms with E-state index < -0.39 is 5.97 Å². The van der Waals surface area contributed by atoms with Gasteiger partial charge in [0.15, 0.2) is 0 Å². The molecule has 4 nitrogen and oxygen atoms in total. The number of hydrogen-bond acceptors (Lipinski definition) is 2. The number of methoxy groups -OCH3 is 1. The van der Waals surface area contributed by atoms with Gasteiger partial charge in [-0.3, -0.25) is 0 Å². The fourth-order valence-corrected chi connectivity index (χ4v) is 2.57. The van der Waals surface area contributed by atoms with Crippen LogP contribution in [0, 0.1) is 5.82 Å². The number of nitrogens with zero attached hydrogens (tertiary/aromatic N) is 1. The monoisotopic (exact) mass is 299 g/mol. The van der Waals surface area contributed by atoms with Crippen LogP contribution in [0.3, 0.4) is 0 Å². The van der Waals surface area contributed by atoms with Crippen LogP contribution in [0.15, 0.2) is 48.5 Å². The second-order valence-corrected chi connectivity index (χ2v) is 4.95. The van der Waals surface area contributed by atoms with Crippen molar-refractivity contribution in [3.05, 3.63) is 65.6 Å². The Morgan fingerprint density at radius 1 is 1.23 bits per heavy atom.